The Morgan fingerprint density at radius 3 is 2.62 bits per heavy atom. The van der Waals surface area contributed by atoms with E-state index in [2.05, 4.69) is 37.2 Å². The fourth-order valence-electron chi connectivity index (χ4n) is 1.91. The van der Waals surface area contributed by atoms with Crippen LogP contribution in [-0.2, 0) is 5.75 Å². The molecular formula is C16H17FN2OS. The first kappa shape index (κ1) is 15.4. The second kappa shape index (κ2) is 6.63. The van der Waals surface area contributed by atoms with Crippen LogP contribution in [0, 0.1) is 19.7 Å². The lowest BCUT2D eigenvalue weighted by atomic mass is 10.1. The fourth-order valence-corrected chi connectivity index (χ4v) is 2.83. The number of nitrogens with two attached hydrogens (primary N) is 1. The van der Waals surface area contributed by atoms with Gasteiger partial charge >= 0.3 is 0 Å². The minimum absolute atomic E-state index is 0.0908. The summed E-state index contributed by atoms with van der Waals surface area (Å²) in [5, 5.41) is 11.6. The summed E-state index contributed by atoms with van der Waals surface area (Å²) in [7, 11) is 0. The van der Waals surface area contributed by atoms with E-state index in [9.17, 15) is 4.39 Å². The van der Waals surface area contributed by atoms with Crippen LogP contribution in [0.3, 0.4) is 0 Å². The lowest BCUT2D eigenvalue weighted by molar-refractivity contribution is 0.318. The molecule has 0 heterocycles. The topological polar surface area (TPSA) is 58.6 Å². The lowest BCUT2D eigenvalue weighted by Gasteiger charge is -2.07. The third-order valence-corrected chi connectivity index (χ3v) is 4.31. The molecule has 2 aromatic rings. The van der Waals surface area contributed by atoms with Crippen LogP contribution in [0.1, 0.15) is 22.3 Å². The van der Waals surface area contributed by atoms with E-state index < -0.39 is 5.82 Å². The molecule has 2 aromatic carbocycles. The second-order valence-corrected chi connectivity index (χ2v) is 5.92. The Labute approximate surface area is 127 Å². The molecule has 0 saturated carbocycles. The Kier molecular flexibility index (Phi) is 4.85. The second-order valence-electron chi connectivity index (χ2n) is 4.87. The first-order chi connectivity index (χ1) is 9.99. The highest BCUT2D eigenvalue weighted by Crippen LogP contribution is 2.25. The maximum absolute atomic E-state index is 13.6. The smallest absolute Gasteiger partial charge is 0.170 e. The van der Waals surface area contributed by atoms with Crippen molar-refractivity contribution >= 4 is 17.6 Å². The van der Waals surface area contributed by atoms with Gasteiger partial charge in [0.05, 0.1) is 0 Å². The number of aryl methyl sites for hydroxylation is 2. The van der Waals surface area contributed by atoms with Crippen molar-refractivity contribution in [1.29, 1.82) is 0 Å². The largest absolute Gasteiger partial charge is 0.409 e. The molecule has 3 nitrogen and oxygen atoms in total. The third-order valence-electron chi connectivity index (χ3n) is 3.24. The highest BCUT2D eigenvalue weighted by molar-refractivity contribution is 7.98. The van der Waals surface area contributed by atoms with Crippen LogP contribution in [0.5, 0.6) is 0 Å². The molecule has 5 heteroatoms. The van der Waals surface area contributed by atoms with Gasteiger partial charge in [0.15, 0.2) is 5.84 Å². The molecule has 0 amide bonds. The number of oxime groups is 1. The Morgan fingerprint density at radius 2 is 1.95 bits per heavy atom. The molecule has 21 heavy (non-hydrogen) atoms. The van der Waals surface area contributed by atoms with Gasteiger partial charge in [0.25, 0.3) is 0 Å². The Morgan fingerprint density at radius 1 is 1.19 bits per heavy atom. The fraction of sp³-hybridized carbons (Fsp3) is 0.188. The number of benzene rings is 2. The molecule has 3 N–H and O–H groups in total. The van der Waals surface area contributed by atoms with Gasteiger partial charge in [-0.15, -0.1) is 11.8 Å². The molecule has 0 fully saturated rings. The number of nitrogens with zero attached hydrogens (tertiary/aromatic N) is 1. The standard InChI is InChI=1S/C16H17FN2OS/c1-10-3-4-15(5-11(10)2)21-9-12-6-13(16(18)19-20)8-14(17)7-12/h3-8,20H,9H2,1-2H3,(H2,18,19). The van der Waals surface area contributed by atoms with Gasteiger partial charge in [0, 0.05) is 16.2 Å². The van der Waals surface area contributed by atoms with Crippen LogP contribution in [-0.4, -0.2) is 11.0 Å². The Bertz CT molecular complexity index is 686. The summed E-state index contributed by atoms with van der Waals surface area (Å²) in [6.45, 7) is 4.14. The van der Waals surface area contributed by atoms with E-state index in [1.165, 1.54) is 23.3 Å². The lowest BCUT2D eigenvalue weighted by Crippen LogP contribution is -2.13. The normalized spacial score (nSPS) is 11.7. The van der Waals surface area contributed by atoms with E-state index in [0.717, 1.165) is 10.5 Å². The molecular weight excluding hydrogens is 287 g/mol. The van der Waals surface area contributed by atoms with Crippen molar-refractivity contribution in [2.75, 3.05) is 0 Å². The highest BCUT2D eigenvalue weighted by atomic mass is 32.2. The minimum atomic E-state index is -0.394. The minimum Gasteiger partial charge on any atom is -0.409 e. The molecule has 0 bridgehead atoms. The van der Waals surface area contributed by atoms with Crippen LogP contribution in [0.25, 0.3) is 0 Å². The summed E-state index contributed by atoms with van der Waals surface area (Å²) in [5.74, 6) is 0.133. The summed E-state index contributed by atoms with van der Waals surface area (Å²) in [6, 6.07) is 10.7. The van der Waals surface area contributed by atoms with Crippen LogP contribution >= 0.6 is 11.8 Å². The zero-order valence-corrected chi connectivity index (χ0v) is 12.7. The van der Waals surface area contributed by atoms with E-state index >= 15 is 0 Å². The van der Waals surface area contributed by atoms with Crippen LogP contribution in [0.4, 0.5) is 4.39 Å². The van der Waals surface area contributed by atoms with E-state index in [1.54, 1.807) is 17.8 Å². The first-order valence-electron chi connectivity index (χ1n) is 6.47. The monoisotopic (exact) mass is 304 g/mol. The van der Waals surface area contributed by atoms with E-state index in [0.29, 0.717) is 11.3 Å². The summed E-state index contributed by atoms with van der Waals surface area (Å²) in [6.07, 6.45) is 0. The number of hydrogen-bond acceptors (Lipinski definition) is 3. The molecule has 0 spiro atoms. The van der Waals surface area contributed by atoms with Gasteiger partial charge in [-0.25, -0.2) is 4.39 Å². The van der Waals surface area contributed by atoms with Crippen molar-refractivity contribution in [2.45, 2.75) is 24.5 Å². The predicted molar refractivity (Wildman–Crippen MR) is 84.4 cm³/mol. The summed E-state index contributed by atoms with van der Waals surface area (Å²) in [4.78, 5) is 1.13. The first-order valence-corrected chi connectivity index (χ1v) is 7.45. The molecule has 0 aliphatic heterocycles. The molecule has 0 aliphatic carbocycles. The van der Waals surface area contributed by atoms with Crippen molar-refractivity contribution in [1.82, 2.24) is 0 Å². The van der Waals surface area contributed by atoms with Crippen molar-refractivity contribution < 1.29 is 9.60 Å². The molecule has 0 aromatic heterocycles. The molecule has 0 radical (unpaired) electrons. The molecule has 0 aliphatic rings. The van der Waals surface area contributed by atoms with Crippen molar-refractivity contribution in [3.05, 3.63) is 64.5 Å². The third kappa shape index (κ3) is 3.98. The van der Waals surface area contributed by atoms with Crippen LogP contribution in [0.2, 0.25) is 0 Å². The predicted octanol–water partition coefficient (Wildman–Crippen LogP) is 3.83. The quantitative estimate of drug-likeness (QED) is 0.297. The van der Waals surface area contributed by atoms with E-state index in [4.69, 9.17) is 10.9 Å². The molecule has 110 valence electrons. The molecule has 0 unspecified atom stereocenters. The Balaban J connectivity index is 2.16. The number of rotatable bonds is 4. The number of amidine groups is 1. The SMILES string of the molecule is Cc1ccc(SCc2cc(F)cc(/C(N)=N/O)c2)cc1C. The van der Waals surface area contributed by atoms with Gasteiger partial charge in [-0.2, -0.15) is 0 Å². The average Bonchev–Trinajstić information content (AvgIpc) is 2.47. The molecule has 0 saturated heterocycles. The summed E-state index contributed by atoms with van der Waals surface area (Å²) in [5.41, 5.74) is 9.16. The summed E-state index contributed by atoms with van der Waals surface area (Å²) >= 11 is 1.62. The maximum atomic E-state index is 13.6. The van der Waals surface area contributed by atoms with Crippen molar-refractivity contribution in [3.63, 3.8) is 0 Å². The number of halogens is 1. The van der Waals surface area contributed by atoms with Gasteiger partial charge in [0.2, 0.25) is 0 Å². The highest BCUT2D eigenvalue weighted by Gasteiger charge is 2.06. The average molecular weight is 304 g/mol. The van der Waals surface area contributed by atoms with Crippen LogP contribution in [0.15, 0.2) is 46.4 Å². The van der Waals surface area contributed by atoms with E-state index in [1.807, 2.05) is 0 Å². The van der Waals surface area contributed by atoms with Crippen molar-refractivity contribution in [3.8, 4) is 0 Å². The zero-order valence-electron chi connectivity index (χ0n) is 11.9. The number of hydrogen-bond donors (Lipinski definition) is 2. The van der Waals surface area contributed by atoms with Gasteiger partial charge in [0.1, 0.15) is 5.82 Å². The van der Waals surface area contributed by atoms with E-state index in [-0.39, 0.29) is 5.84 Å². The van der Waals surface area contributed by atoms with Gasteiger partial charge in [-0.3, -0.25) is 0 Å². The van der Waals surface area contributed by atoms with Gasteiger partial charge < -0.3 is 10.9 Å². The molecule has 0 atom stereocenters. The maximum Gasteiger partial charge on any atom is 0.170 e. The zero-order chi connectivity index (χ0) is 15.4. The van der Waals surface area contributed by atoms with Crippen molar-refractivity contribution in [2.24, 2.45) is 10.9 Å². The Hall–Kier alpha value is -2.01. The van der Waals surface area contributed by atoms with Gasteiger partial charge in [-0.1, -0.05) is 11.2 Å². The summed E-state index contributed by atoms with van der Waals surface area (Å²) < 4.78 is 13.6. The van der Waals surface area contributed by atoms with Crippen LogP contribution < -0.4 is 5.73 Å². The molecule has 2 rings (SSSR count). The number of thioether (sulfide) groups is 1. The van der Waals surface area contributed by atoms with Gasteiger partial charge in [-0.05, 0) is 60.9 Å².